The Labute approximate surface area is 180 Å². The van der Waals surface area contributed by atoms with Crippen molar-refractivity contribution in [2.45, 2.75) is 32.1 Å². The zero-order chi connectivity index (χ0) is 21.1. The average Bonchev–Trinajstić information content (AvgIpc) is 3.10. The van der Waals surface area contributed by atoms with Crippen molar-refractivity contribution in [3.63, 3.8) is 0 Å². The fourth-order valence-corrected chi connectivity index (χ4v) is 4.27. The lowest BCUT2D eigenvalue weighted by atomic mass is 9.74. The van der Waals surface area contributed by atoms with Gasteiger partial charge in [0.25, 0.3) is 0 Å². The molecule has 1 heterocycles. The first kappa shape index (κ1) is 20.1. The fraction of sp³-hybridized carbons (Fsp3) is 0.259. The number of allylic oxidation sites excluding steroid dienone is 1. The van der Waals surface area contributed by atoms with Gasteiger partial charge in [0.05, 0.1) is 5.69 Å². The molecule has 3 nitrogen and oxygen atoms in total. The Morgan fingerprint density at radius 2 is 1.67 bits per heavy atom. The van der Waals surface area contributed by atoms with Crippen LogP contribution in [0.4, 0.5) is 11.4 Å². The Bertz CT molecular complexity index is 1050. The first-order valence-corrected chi connectivity index (χ1v) is 10.5. The summed E-state index contributed by atoms with van der Waals surface area (Å²) in [6.45, 7) is 4.48. The summed E-state index contributed by atoms with van der Waals surface area (Å²) in [5.74, 6) is 1.82. The van der Waals surface area contributed by atoms with Gasteiger partial charge in [-0.25, -0.2) is 0 Å². The van der Waals surface area contributed by atoms with Gasteiger partial charge in [0.2, 0.25) is 0 Å². The van der Waals surface area contributed by atoms with Gasteiger partial charge in [0.15, 0.2) is 11.6 Å². The molecule has 0 radical (unpaired) electrons. The van der Waals surface area contributed by atoms with E-state index in [0.717, 1.165) is 30.2 Å². The molecule has 0 amide bonds. The molecule has 154 valence electrons. The van der Waals surface area contributed by atoms with Crippen molar-refractivity contribution in [3.05, 3.63) is 101 Å². The number of nitrogens with zero attached hydrogens (tertiary/aromatic N) is 1. The molecule has 4 rings (SSSR count). The highest BCUT2D eigenvalue weighted by molar-refractivity contribution is 5.65. The lowest BCUT2D eigenvalue weighted by molar-refractivity contribution is 0.424. The number of para-hydroxylation sites is 3. The van der Waals surface area contributed by atoms with Gasteiger partial charge in [-0.2, -0.15) is 0 Å². The van der Waals surface area contributed by atoms with E-state index in [1.165, 1.54) is 22.4 Å². The summed E-state index contributed by atoms with van der Waals surface area (Å²) in [5, 5.41) is 3.38. The van der Waals surface area contributed by atoms with Gasteiger partial charge in [0, 0.05) is 25.2 Å². The molecule has 0 fully saturated rings. The van der Waals surface area contributed by atoms with Gasteiger partial charge < -0.3 is 15.0 Å². The molecular weight excluding hydrogens is 368 g/mol. The summed E-state index contributed by atoms with van der Waals surface area (Å²) in [4.78, 5) is 2.13. The van der Waals surface area contributed by atoms with Gasteiger partial charge in [-0.15, -0.1) is 0 Å². The normalized spacial score (nSPS) is 16.1. The van der Waals surface area contributed by atoms with E-state index in [9.17, 15) is 0 Å². The molecule has 3 aromatic rings. The summed E-state index contributed by atoms with van der Waals surface area (Å²) in [6.07, 6.45) is 4.06. The van der Waals surface area contributed by atoms with Gasteiger partial charge >= 0.3 is 0 Å². The molecule has 1 unspecified atom stereocenters. The predicted octanol–water partition coefficient (Wildman–Crippen LogP) is 6.30. The van der Waals surface area contributed by atoms with Crippen LogP contribution in [-0.2, 0) is 11.8 Å². The van der Waals surface area contributed by atoms with Crippen molar-refractivity contribution in [2.75, 3.05) is 24.3 Å². The van der Waals surface area contributed by atoms with Crippen LogP contribution in [0.1, 0.15) is 30.0 Å². The van der Waals surface area contributed by atoms with Gasteiger partial charge in [-0.05, 0) is 55.2 Å². The topological polar surface area (TPSA) is 24.5 Å². The first-order valence-electron chi connectivity index (χ1n) is 10.5. The van der Waals surface area contributed by atoms with Crippen molar-refractivity contribution in [3.8, 4) is 5.75 Å². The highest BCUT2D eigenvalue weighted by atomic mass is 16.5. The standard InChI is InChI=1S/C27H30N2O/c1-20-13-15-21(16-14-20)19-27(2,22-9-5-6-10-23(22)28-3)18-17-26-29(4)24-11-7-8-12-25(24)30-26/h5-17,28H,18-19H2,1-4H3/b26-17-. The van der Waals surface area contributed by atoms with E-state index in [0.29, 0.717) is 0 Å². The van der Waals surface area contributed by atoms with Gasteiger partial charge in [-0.3, -0.25) is 0 Å². The Hall–Kier alpha value is -3.20. The molecule has 0 saturated heterocycles. The highest BCUT2D eigenvalue weighted by Gasteiger charge is 2.30. The summed E-state index contributed by atoms with van der Waals surface area (Å²) >= 11 is 0. The van der Waals surface area contributed by atoms with E-state index in [-0.39, 0.29) is 5.41 Å². The summed E-state index contributed by atoms with van der Waals surface area (Å²) in [6, 6.07) is 25.7. The predicted molar refractivity (Wildman–Crippen MR) is 126 cm³/mol. The zero-order valence-electron chi connectivity index (χ0n) is 18.3. The Balaban J connectivity index is 1.68. The van der Waals surface area contributed by atoms with Gasteiger partial charge in [-0.1, -0.05) is 67.1 Å². The highest BCUT2D eigenvalue weighted by Crippen LogP contribution is 2.40. The third-order valence-corrected chi connectivity index (χ3v) is 6.06. The molecule has 0 aromatic heterocycles. The average molecular weight is 399 g/mol. The lowest BCUT2D eigenvalue weighted by Gasteiger charge is -2.32. The molecule has 0 saturated carbocycles. The number of anilines is 2. The molecule has 1 N–H and O–H groups in total. The fourth-order valence-electron chi connectivity index (χ4n) is 4.27. The van der Waals surface area contributed by atoms with E-state index in [1.807, 2.05) is 25.2 Å². The molecule has 30 heavy (non-hydrogen) atoms. The smallest absolute Gasteiger partial charge is 0.196 e. The van der Waals surface area contributed by atoms with E-state index in [1.54, 1.807) is 0 Å². The third-order valence-electron chi connectivity index (χ3n) is 6.06. The zero-order valence-corrected chi connectivity index (χ0v) is 18.3. The molecule has 1 aliphatic rings. The Morgan fingerprint density at radius 3 is 2.40 bits per heavy atom. The number of aryl methyl sites for hydroxylation is 1. The van der Waals surface area contributed by atoms with Crippen molar-refractivity contribution < 1.29 is 4.74 Å². The number of ether oxygens (including phenoxy) is 1. The quantitative estimate of drug-likeness (QED) is 0.527. The molecular formula is C27H30N2O. The minimum atomic E-state index is -0.0825. The third kappa shape index (κ3) is 3.93. The minimum Gasteiger partial charge on any atom is -0.439 e. The number of hydrogen-bond donors (Lipinski definition) is 1. The van der Waals surface area contributed by atoms with Crippen molar-refractivity contribution in [1.82, 2.24) is 0 Å². The summed E-state index contributed by atoms with van der Waals surface area (Å²) in [7, 11) is 4.06. The van der Waals surface area contributed by atoms with E-state index < -0.39 is 0 Å². The molecule has 1 atom stereocenters. The second-order valence-electron chi connectivity index (χ2n) is 8.39. The van der Waals surface area contributed by atoms with Crippen molar-refractivity contribution in [1.29, 1.82) is 0 Å². The van der Waals surface area contributed by atoms with E-state index in [2.05, 4.69) is 91.8 Å². The molecule has 0 bridgehead atoms. The van der Waals surface area contributed by atoms with Gasteiger partial charge in [0.1, 0.15) is 0 Å². The largest absolute Gasteiger partial charge is 0.439 e. The minimum absolute atomic E-state index is 0.0825. The number of hydrogen-bond acceptors (Lipinski definition) is 3. The molecule has 3 aromatic carbocycles. The number of rotatable bonds is 6. The summed E-state index contributed by atoms with van der Waals surface area (Å²) < 4.78 is 6.14. The second-order valence-corrected chi connectivity index (χ2v) is 8.39. The monoisotopic (exact) mass is 398 g/mol. The maximum atomic E-state index is 6.14. The van der Waals surface area contributed by atoms with Crippen LogP contribution in [0.2, 0.25) is 0 Å². The lowest BCUT2D eigenvalue weighted by Crippen LogP contribution is -2.26. The van der Waals surface area contributed by atoms with Crippen molar-refractivity contribution in [2.24, 2.45) is 0 Å². The van der Waals surface area contributed by atoms with Crippen LogP contribution in [0, 0.1) is 6.92 Å². The first-order chi connectivity index (χ1) is 14.5. The number of nitrogens with one attached hydrogen (secondary N) is 1. The Kier molecular flexibility index (Phi) is 5.54. The molecule has 0 aliphatic carbocycles. The van der Waals surface area contributed by atoms with Crippen LogP contribution >= 0.6 is 0 Å². The molecule has 1 aliphatic heterocycles. The second kappa shape index (κ2) is 8.27. The maximum absolute atomic E-state index is 6.14. The molecule has 3 heteroatoms. The van der Waals surface area contributed by atoms with Crippen LogP contribution in [0.15, 0.2) is 84.8 Å². The van der Waals surface area contributed by atoms with Crippen LogP contribution in [0.25, 0.3) is 0 Å². The summed E-state index contributed by atoms with van der Waals surface area (Å²) in [5.41, 5.74) is 6.16. The molecule has 0 spiro atoms. The van der Waals surface area contributed by atoms with E-state index in [4.69, 9.17) is 4.74 Å². The van der Waals surface area contributed by atoms with Crippen LogP contribution in [-0.4, -0.2) is 14.1 Å². The Morgan fingerprint density at radius 1 is 0.967 bits per heavy atom. The van der Waals surface area contributed by atoms with Crippen LogP contribution < -0.4 is 15.0 Å². The van der Waals surface area contributed by atoms with Crippen LogP contribution in [0.5, 0.6) is 5.75 Å². The van der Waals surface area contributed by atoms with Crippen molar-refractivity contribution >= 4 is 11.4 Å². The number of fused-ring (bicyclic) bond motifs is 1. The van der Waals surface area contributed by atoms with E-state index >= 15 is 0 Å². The maximum Gasteiger partial charge on any atom is 0.196 e. The number of benzene rings is 3. The SMILES string of the molecule is CNc1ccccc1C(C)(C/C=C1\Oc2ccccc2N1C)Cc1ccc(C)cc1. The van der Waals surface area contributed by atoms with Crippen LogP contribution in [0.3, 0.4) is 0 Å².